The highest BCUT2D eigenvalue weighted by molar-refractivity contribution is 6.03. The summed E-state index contributed by atoms with van der Waals surface area (Å²) in [6.45, 7) is 1.20. The van der Waals surface area contributed by atoms with Crippen molar-refractivity contribution in [3.63, 3.8) is 0 Å². The van der Waals surface area contributed by atoms with Crippen LogP contribution in [0.4, 0.5) is 8.78 Å². The van der Waals surface area contributed by atoms with Crippen LogP contribution in [0.2, 0.25) is 0 Å². The van der Waals surface area contributed by atoms with Crippen LogP contribution in [0.15, 0.2) is 0 Å². The van der Waals surface area contributed by atoms with E-state index in [1.165, 1.54) is 6.92 Å². The Hall–Kier alpha value is -1.20. The summed E-state index contributed by atoms with van der Waals surface area (Å²) in [6.07, 6.45) is 0. The number of carbonyl (C=O) groups excluding carboxylic acids is 2. The lowest BCUT2D eigenvalue weighted by molar-refractivity contribution is -0.181. The molecule has 6 heteroatoms. The fourth-order valence-corrected chi connectivity index (χ4v) is 0.590. The second-order valence-corrected chi connectivity index (χ2v) is 2.49. The van der Waals surface area contributed by atoms with E-state index in [9.17, 15) is 18.4 Å². The maximum Gasteiger partial charge on any atom is 0.418 e. The Morgan fingerprint density at radius 1 is 1.38 bits per heavy atom. The Bertz CT molecular complexity index is 216. The number of ether oxygens (including phenoxy) is 1. The van der Waals surface area contributed by atoms with Crippen molar-refractivity contribution in [3.05, 3.63) is 0 Å². The molecule has 13 heavy (non-hydrogen) atoms. The Balaban J connectivity index is 4.55. The molecule has 0 aliphatic carbocycles. The van der Waals surface area contributed by atoms with E-state index in [-0.39, 0.29) is 6.61 Å². The van der Waals surface area contributed by atoms with E-state index >= 15 is 0 Å². The molecule has 0 atom stereocenters. The van der Waals surface area contributed by atoms with Gasteiger partial charge in [0.2, 0.25) is 0 Å². The quantitative estimate of drug-likeness (QED) is 0.479. The fraction of sp³-hybridized carbons (Fsp3) is 0.714. The van der Waals surface area contributed by atoms with Crippen molar-refractivity contribution in [2.45, 2.75) is 12.8 Å². The minimum absolute atomic E-state index is 0.185. The molecule has 0 aromatic rings. The molecule has 76 valence electrons. The maximum atomic E-state index is 12.8. The molecule has 0 aromatic carbocycles. The van der Waals surface area contributed by atoms with Crippen molar-refractivity contribution in [2.24, 2.45) is 0 Å². The van der Waals surface area contributed by atoms with Crippen molar-refractivity contribution >= 4 is 11.9 Å². The van der Waals surface area contributed by atoms with E-state index in [0.29, 0.717) is 4.90 Å². The van der Waals surface area contributed by atoms with Crippen LogP contribution in [0.3, 0.4) is 0 Å². The van der Waals surface area contributed by atoms with Gasteiger partial charge in [0, 0.05) is 14.1 Å². The normalized spacial score (nSPS) is 10.8. The Morgan fingerprint density at radius 2 is 1.85 bits per heavy atom. The Morgan fingerprint density at radius 3 is 2.15 bits per heavy atom. The van der Waals surface area contributed by atoms with Crippen molar-refractivity contribution in [3.8, 4) is 0 Å². The Labute approximate surface area is 74.5 Å². The highest BCUT2D eigenvalue weighted by Gasteiger charge is 2.49. The first-order chi connectivity index (χ1) is 5.84. The molecular formula is C7H11F2NO3. The van der Waals surface area contributed by atoms with E-state index in [1.807, 2.05) is 0 Å². The predicted molar refractivity (Wildman–Crippen MR) is 40.3 cm³/mol. The van der Waals surface area contributed by atoms with Gasteiger partial charge in [-0.3, -0.25) is 4.79 Å². The van der Waals surface area contributed by atoms with Crippen molar-refractivity contribution in [2.75, 3.05) is 20.7 Å². The summed E-state index contributed by atoms with van der Waals surface area (Å²) in [4.78, 5) is 22.0. The van der Waals surface area contributed by atoms with Gasteiger partial charge in [-0.2, -0.15) is 8.78 Å². The second kappa shape index (κ2) is 4.15. The summed E-state index contributed by atoms with van der Waals surface area (Å²) in [6, 6.07) is 0. The van der Waals surface area contributed by atoms with Crippen LogP contribution in [0.5, 0.6) is 0 Å². The summed E-state index contributed by atoms with van der Waals surface area (Å²) in [5.74, 6) is -7.47. The van der Waals surface area contributed by atoms with E-state index in [0.717, 1.165) is 14.1 Å². The molecule has 0 fully saturated rings. The number of amides is 1. The molecule has 0 aromatic heterocycles. The van der Waals surface area contributed by atoms with Gasteiger partial charge in [0.15, 0.2) is 0 Å². The number of carbonyl (C=O) groups is 2. The van der Waals surface area contributed by atoms with Crippen LogP contribution in [0.1, 0.15) is 6.92 Å². The number of nitrogens with zero attached hydrogens (tertiary/aromatic N) is 1. The molecule has 0 heterocycles. The van der Waals surface area contributed by atoms with Gasteiger partial charge >= 0.3 is 17.8 Å². The maximum absolute atomic E-state index is 12.8. The Kier molecular flexibility index (Phi) is 3.77. The van der Waals surface area contributed by atoms with Gasteiger partial charge in [0.1, 0.15) is 0 Å². The zero-order valence-electron chi connectivity index (χ0n) is 7.63. The number of esters is 1. The zero-order valence-corrected chi connectivity index (χ0v) is 7.63. The van der Waals surface area contributed by atoms with Gasteiger partial charge in [-0.05, 0) is 6.92 Å². The number of hydrogen-bond acceptors (Lipinski definition) is 3. The highest BCUT2D eigenvalue weighted by atomic mass is 19.3. The largest absolute Gasteiger partial charge is 0.461 e. The first kappa shape index (κ1) is 11.8. The lowest BCUT2D eigenvalue weighted by atomic mass is 10.3. The molecule has 0 N–H and O–H groups in total. The number of hydrogen-bond donors (Lipinski definition) is 0. The van der Waals surface area contributed by atoms with Gasteiger partial charge < -0.3 is 9.64 Å². The fourth-order valence-electron chi connectivity index (χ4n) is 0.590. The van der Waals surface area contributed by atoms with Gasteiger partial charge in [0.25, 0.3) is 0 Å². The molecule has 0 radical (unpaired) electrons. The van der Waals surface area contributed by atoms with Gasteiger partial charge in [0.05, 0.1) is 6.61 Å². The van der Waals surface area contributed by atoms with Crippen LogP contribution in [-0.4, -0.2) is 43.4 Å². The minimum atomic E-state index is -4.08. The monoisotopic (exact) mass is 195 g/mol. The lowest BCUT2D eigenvalue weighted by Gasteiger charge is -2.17. The molecule has 0 aliphatic rings. The third-order valence-corrected chi connectivity index (χ3v) is 1.21. The smallest absolute Gasteiger partial charge is 0.418 e. The van der Waals surface area contributed by atoms with Crippen LogP contribution in [0.25, 0.3) is 0 Å². The average Bonchev–Trinajstić information content (AvgIpc) is 2.03. The molecule has 0 aliphatic heterocycles. The third-order valence-electron chi connectivity index (χ3n) is 1.21. The molecule has 1 amide bonds. The highest BCUT2D eigenvalue weighted by Crippen LogP contribution is 2.17. The molecule has 0 saturated heterocycles. The summed E-state index contributed by atoms with van der Waals surface area (Å²) in [7, 11) is 2.27. The van der Waals surface area contributed by atoms with Crippen LogP contribution < -0.4 is 0 Å². The lowest BCUT2D eigenvalue weighted by Crippen LogP contribution is -2.46. The minimum Gasteiger partial charge on any atom is -0.461 e. The average molecular weight is 195 g/mol. The van der Waals surface area contributed by atoms with E-state index in [2.05, 4.69) is 4.74 Å². The van der Waals surface area contributed by atoms with E-state index in [1.54, 1.807) is 0 Å². The third kappa shape index (κ3) is 2.64. The SMILES string of the molecule is CCOC(=O)C(F)(F)C(=O)N(C)C. The van der Waals surface area contributed by atoms with Crippen LogP contribution in [-0.2, 0) is 14.3 Å². The second-order valence-electron chi connectivity index (χ2n) is 2.49. The van der Waals surface area contributed by atoms with Crippen molar-refractivity contribution in [1.82, 2.24) is 4.90 Å². The first-order valence-corrected chi connectivity index (χ1v) is 3.60. The molecule has 0 unspecified atom stereocenters. The molecule has 0 bridgehead atoms. The molecule has 0 rings (SSSR count). The van der Waals surface area contributed by atoms with Gasteiger partial charge in [-0.15, -0.1) is 0 Å². The number of alkyl halides is 2. The van der Waals surface area contributed by atoms with Crippen molar-refractivity contribution < 1.29 is 23.1 Å². The molecular weight excluding hydrogens is 184 g/mol. The predicted octanol–water partition coefficient (Wildman–Crippen LogP) is 0.273. The summed E-state index contributed by atoms with van der Waals surface area (Å²) in [5, 5.41) is 0. The van der Waals surface area contributed by atoms with E-state index in [4.69, 9.17) is 0 Å². The number of halogens is 2. The van der Waals surface area contributed by atoms with Gasteiger partial charge in [-0.25, -0.2) is 4.79 Å². The topological polar surface area (TPSA) is 46.6 Å². The first-order valence-electron chi connectivity index (χ1n) is 3.60. The van der Waals surface area contributed by atoms with Crippen molar-refractivity contribution in [1.29, 1.82) is 0 Å². The summed E-state index contributed by atoms with van der Waals surface area (Å²) >= 11 is 0. The molecule has 0 saturated carbocycles. The standard InChI is InChI=1S/C7H11F2NO3/c1-4-13-6(12)7(8,9)5(11)10(2)3/h4H2,1-3H3. The molecule has 4 nitrogen and oxygen atoms in total. The number of rotatable bonds is 3. The van der Waals surface area contributed by atoms with E-state index < -0.39 is 17.8 Å². The van der Waals surface area contributed by atoms with Gasteiger partial charge in [-0.1, -0.05) is 0 Å². The molecule has 0 spiro atoms. The zero-order chi connectivity index (χ0) is 10.6. The van der Waals surface area contributed by atoms with Crippen LogP contribution in [0, 0.1) is 0 Å². The van der Waals surface area contributed by atoms with Crippen LogP contribution >= 0.6 is 0 Å². The summed E-state index contributed by atoms with van der Waals surface area (Å²) < 4.78 is 29.6. The summed E-state index contributed by atoms with van der Waals surface area (Å²) in [5.41, 5.74) is 0.